The fourth-order valence-corrected chi connectivity index (χ4v) is 4.21. The molecule has 1 fully saturated rings. The second-order valence-corrected chi connectivity index (χ2v) is 8.75. The summed E-state index contributed by atoms with van der Waals surface area (Å²) in [5.41, 5.74) is 2.24. The van der Waals surface area contributed by atoms with Crippen molar-refractivity contribution < 1.29 is 14.3 Å². The first-order valence-electron chi connectivity index (χ1n) is 10.9. The summed E-state index contributed by atoms with van der Waals surface area (Å²) in [6.45, 7) is 2.14. The summed E-state index contributed by atoms with van der Waals surface area (Å²) in [4.78, 5) is 31.5. The molecule has 2 heterocycles. The second-order valence-electron chi connectivity index (χ2n) is 7.96. The van der Waals surface area contributed by atoms with Crippen molar-refractivity contribution in [3.63, 3.8) is 0 Å². The lowest BCUT2D eigenvalue weighted by Gasteiger charge is -2.33. The third-order valence-corrected chi connectivity index (χ3v) is 6.52. The Hall–Kier alpha value is -3.29. The number of anilines is 3. The van der Waals surface area contributed by atoms with Gasteiger partial charge >= 0.3 is 6.09 Å². The Morgan fingerprint density at radius 3 is 2.32 bits per heavy atom. The van der Waals surface area contributed by atoms with Gasteiger partial charge in [0, 0.05) is 31.2 Å². The summed E-state index contributed by atoms with van der Waals surface area (Å²) < 4.78 is 5.48. The van der Waals surface area contributed by atoms with Crippen molar-refractivity contribution in [2.75, 3.05) is 35.2 Å². The van der Waals surface area contributed by atoms with Crippen molar-refractivity contribution in [3.05, 3.63) is 82.6 Å². The Bertz CT molecular complexity index is 1150. The van der Waals surface area contributed by atoms with Crippen LogP contribution in [-0.4, -0.2) is 36.7 Å². The summed E-state index contributed by atoms with van der Waals surface area (Å²) >= 11 is 12.2. The van der Waals surface area contributed by atoms with Crippen molar-refractivity contribution in [2.45, 2.75) is 12.8 Å². The molecule has 0 bridgehead atoms. The first-order valence-corrected chi connectivity index (χ1v) is 11.7. The Morgan fingerprint density at radius 2 is 1.62 bits per heavy atom. The predicted octanol–water partition coefficient (Wildman–Crippen LogP) is 6.11. The fourth-order valence-electron chi connectivity index (χ4n) is 3.82. The largest absolute Gasteiger partial charge is 0.449 e. The molecular weight excluding hydrogens is 475 g/mol. The topological polar surface area (TPSA) is 83.6 Å². The lowest BCUT2D eigenvalue weighted by Crippen LogP contribution is -2.35. The Balaban J connectivity index is 1.29. The molecule has 2 aromatic carbocycles. The van der Waals surface area contributed by atoms with Crippen LogP contribution in [0.3, 0.4) is 0 Å². The molecule has 3 aromatic rings. The highest BCUT2D eigenvalue weighted by Gasteiger charge is 2.21. The standard InChI is InChI=1S/C25H24Cl2N4O3/c26-20-5-3-4-19(23(20)27)24(32)29-21-6-1-2-7-22(21)30-25(33)34-16-17-10-14-31(15-11-17)18-8-12-28-13-9-18/h1-9,12-13,17H,10-11,14-16H2,(H,29,32)(H,30,33). The van der Waals surface area contributed by atoms with Crippen molar-refractivity contribution in [2.24, 2.45) is 5.92 Å². The maximum Gasteiger partial charge on any atom is 0.411 e. The van der Waals surface area contributed by atoms with Gasteiger partial charge in [0.2, 0.25) is 0 Å². The quantitative estimate of drug-likeness (QED) is 0.428. The number of amides is 2. The van der Waals surface area contributed by atoms with E-state index in [-0.39, 0.29) is 15.6 Å². The Labute approximate surface area is 208 Å². The molecule has 2 amide bonds. The molecule has 4 rings (SSSR count). The van der Waals surface area contributed by atoms with Crippen LogP contribution in [0.25, 0.3) is 0 Å². The number of pyridine rings is 1. The molecule has 0 aliphatic carbocycles. The molecule has 0 radical (unpaired) electrons. The van der Waals surface area contributed by atoms with E-state index in [9.17, 15) is 9.59 Å². The van der Waals surface area contributed by atoms with Gasteiger partial charge in [-0.2, -0.15) is 0 Å². The Morgan fingerprint density at radius 1 is 0.941 bits per heavy atom. The average Bonchev–Trinajstić information content (AvgIpc) is 2.86. The van der Waals surface area contributed by atoms with E-state index in [0.29, 0.717) is 23.9 Å². The lowest BCUT2D eigenvalue weighted by atomic mass is 9.97. The van der Waals surface area contributed by atoms with Crippen molar-refractivity contribution in [1.82, 2.24) is 4.98 Å². The second kappa shape index (κ2) is 11.2. The van der Waals surface area contributed by atoms with Gasteiger partial charge in [0.15, 0.2) is 0 Å². The predicted molar refractivity (Wildman–Crippen MR) is 135 cm³/mol. The van der Waals surface area contributed by atoms with Crippen LogP contribution in [-0.2, 0) is 4.74 Å². The van der Waals surface area contributed by atoms with Crippen LogP contribution >= 0.6 is 23.2 Å². The minimum absolute atomic E-state index is 0.168. The minimum atomic E-state index is -0.570. The molecule has 34 heavy (non-hydrogen) atoms. The molecule has 0 unspecified atom stereocenters. The van der Waals surface area contributed by atoms with E-state index in [2.05, 4.69) is 20.5 Å². The number of carbonyl (C=O) groups is 2. The molecule has 0 atom stereocenters. The van der Waals surface area contributed by atoms with E-state index in [1.165, 1.54) is 0 Å². The van der Waals surface area contributed by atoms with E-state index in [1.807, 2.05) is 12.1 Å². The molecule has 2 N–H and O–H groups in total. The smallest absolute Gasteiger partial charge is 0.411 e. The van der Waals surface area contributed by atoms with Gasteiger partial charge in [-0.15, -0.1) is 0 Å². The van der Waals surface area contributed by atoms with Gasteiger partial charge in [-0.1, -0.05) is 41.4 Å². The number of nitrogens with zero attached hydrogens (tertiary/aromatic N) is 2. The van der Waals surface area contributed by atoms with E-state index in [0.717, 1.165) is 31.6 Å². The van der Waals surface area contributed by atoms with Gasteiger partial charge in [-0.25, -0.2) is 4.79 Å². The molecule has 7 nitrogen and oxygen atoms in total. The molecule has 9 heteroatoms. The van der Waals surface area contributed by atoms with Crippen LogP contribution in [0.15, 0.2) is 67.0 Å². The van der Waals surface area contributed by atoms with Crippen LogP contribution in [0, 0.1) is 5.92 Å². The van der Waals surface area contributed by atoms with Crippen LogP contribution < -0.4 is 15.5 Å². The number of para-hydroxylation sites is 2. The number of piperidine rings is 1. The zero-order valence-electron chi connectivity index (χ0n) is 18.3. The van der Waals surface area contributed by atoms with Gasteiger partial charge in [-0.3, -0.25) is 15.1 Å². The fraction of sp³-hybridized carbons (Fsp3) is 0.240. The van der Waals surface area contributed by atoms with Crippen molar-refractivity contribution >= 4 is 52.3 Å². The minimum Gasteiger partial charge on any atom is -0.449 e. The number of hydrogen-bond donors (Lipinski definition) is 2. The number of carbonyl (C=O) groups excluding carboxylic acids is 2. The van der Waals surface area contributed by atoms with Crippen LogP contribution in [0.1, 0.15) is 23.2 Å². The number of nitrogens with one attached hydrogen (secondary N) is 2. The normalized spacial score (nSPS) is 13.9. The maximum absolute atomic E-state index is 12.7. The van der Waals surface area contributed by atoms with Crippen molar-refractivity contribution in [1.29, 1.82) is 0 Å². The van der Waals surface area contributed by atoms with Crippen LogP contribution in [0.4, 0.5) is 21.9 Å². The Kier molecular flexibility index (Phi) is 7.87. The molecule has 0 spiro atoms. The highest BCUT2D eigenvalue weighted by atomic mass is 35.5. The first-order chi connectivity index (χ1) is 16.5. The number of aromatic nitrogens is 1. The molecule has 176 valence electrons. The SMILES string of the molecule is O=C(Nc1ccccc1NC(=O)c1cccc(Cl)c1Cl)OCC1CCN(c2ccncc2)CC1. The van der Waals surface area contributed by atoms with Gasteiger partial charge in [-0.05, 0) is 55.2 Å². The van der Waals surface area contributed by atoms with E-state index in [1.54, 1.807) is 54.9 Å². The van der Waals surface area contributed by atoms with E-state index >= 15 is 0 Å². The summed E-state index contributed by atoms with van der Waals surface area (Å²) in [5.74, 6) is -0.139. The van der Waals surface area contributed by atoms with Crippen LogP contribution in [0.2, 0.25) is 10.0 Å². The summed E-state index contributed by atoms with van der Waals surface area (Å²) in [6.07, 6.45) is 4.88. The third kappa shape index (κ3) is 5.98. The number of ether oxygens (including phenoxy) is 1. The van der Waals surface area contributed by atoms with Gasteiger partial charge < -0.3 is 15.0 Å². The maximum atomic E-state index is 12.7. The zero-order valence-corrected chi connectivity index (χ0v) is 19.9. The monoisotopic (exact) mass is 498 g/mol. The van der Waals surface area contributed by atoms with Gasteiger partial charge in [0.05, 0.1) is 33.6 Å². The van der Waals surface area contributed by atoms with E-state index < -0.39 is 12.0 Å². The number of benzene rings is 2. The number of halogens is 2. The summed E-state index contributed by atoms with van der Waals surface area (Å²) in [7, 11) is 0. The molecule has 1 aliphatic heterocycles. The highest BCUT2D eigenvalue weighted by Crippen LogP contribution is 2.28. The van der Waals surface area contributed by atoms with Crippen LogP contribution in [0.5, 0.6) is 0 Å². The number of rotatable bonds is 6. The molecular formula is C25H24Cl2N4O3. The lowest BCUT2D eigenvalue weighted by molar-refractivity contribution is 0.102. The first kappa shape index (κ1) is 23.9. The third-order valence-electron chi connectivity index (χ3n) is 5.70. The van der Waals surface area contributed by atoms with Gasteiger partial charge in [0.25, 0.3) is 5.91 Å². The molecule has 1 saturated heterocycles. The highest BCUT2D eigenvalue weighted by molar-refractivity contribution is 6.44. The zero-order chi connectivity index (χ0) is 23.9. The average molecular weight is 499 g/mol. The summed E-state index contributed by atoms with van der Waals surface area (Å²) in [5, 5.41) is 5.94. The van der Waals surface area contributed by atoms with Crippen molar-refractivity contribution in [3.8, 4) is 0 Å². The number of hydrogen-bond acceptors (Lipinski definition) is 5. The molecule has 1 aliphatic rings. The van der Waals surface area contributed by atoms with Gasteiger partial charge in [0.1, 0.15) is 0 Å². The summed E-state index contributed by atoms with van der Waals surface area (Å²) in [6, 6.07) is 15.7. The molecule has 1 aromatic heterocycles. The van der Waals surface area contributed by atoms with E-state index in [4.69, 9.17) is 27.9 Å². The molecule has 0 saturated carbocycles.